The molecule has 0 fully saturated rings. The van der Waals surface area contributed by atoms with E-state index in [1.807, 2.05) is 28.9 Å². The fraction of sp³-hybridized carbons (Fsp3) is 0.444. The molecule has 1 aromatic heterocycles. The van der Waals surface area contributed by atoms with Gasteiger partial charge < -0.3 is 5.32 Å². The summed E-state index contributed by atoms with van der Waals surface area (Å²) in [5, 5.41) is 7.69. The summed E-state index contributed by atoms with van der Waals surface area (Å²) in [6.07, 6.45) is 0. The summed E-state index contributed by atoms with van der Waals surface area (Å²) < 4.78 is 1.88. The van der Waals surface area contributed by atoms with E-state index in [0.29, 0.717) is 5.56 Å². The average Bonchev–Trinajstić information content (AvgIpc) is 2.83. The standard InChI is InChI=1S/C18H25N3O/c1-17(2,3)14-12-15(21(20-14)18(4,5)6)19-16(22)13-10-8-7-9-11-13/h7-12H,1-6H3,(H,19,22). The van der Waals surface area contributed by atoms with Crippen LogP contribution in [0.3, 0.4) is 0 Å². The molecule has 0 atom stereocenters. The number of hydrogen-bond donors (Lipinski definition) is 1. The normalized spacial score (nSPS) is 12.3. The Kier molecular flexibility index (Phi) is 4.14. The van der Waals surface area contributed by atoms with Crippen molar-refractivity contribution in [2.75, 3.05) is 5.32 Å². The molecule has 1 N–H and O–H groups in total. The molecule has 4 nitrogen and oxygen atoms in total. The lowest BCUT2D eigenvalue weighted by molar-refractivity contribution is 0.102. The van der Waals surface area contributed by atoms with Crippen LogP contribution in [0.15, 0.2) is 36.4 Å². The van der Waals surface area contributed by atoms with Crippen LogP contribution >= 0.6 is 0 Å². The van der Waals surface area contributed by atoms with Gasteiger partial charge in [0.15, 0.2) is 0 Å². The van der Waals surface area contributed by atoms with Gasteiger partial charge >= 0.3 is 0 Å². The molecule has 4 heteroatoms. The van der Waals surface area contributed by atoms with Crippen molar-refractivity contribution in [3.8, 4) is 0 Å². The highest BCUT2D eigenvalue weighted by Gasteiger charge is 2.25. The number of carbonyl (C=O) groups is 1. The lowest BCUT2D eigenvalue weighted by Gasteiger charge is -2.23. The summed E-state index contributed by atoms with van der Waals surface area (Å²) in [5.41, 5.74) is 1.33. The maximum absolute atomic E-state index is 12.4. The minimum Gasteiger partial charge on any atom is -0.307 e. The fourth-order valence-electron chi connectivity index (χ4n) is 2.13. The Morgan fingerprint density at radius 2 is 1.64 bits per heavy atom. The molecule has 0 bridgehead atoms. The van der Waals surface area contributed by atoms with Gasteiger partial charge in [-0.3, -0.25) is 4.79 Å². The van der Waals surface area contributed by atoms with Crippen molar-refractivity contribution >= 4 is 11.7 Å². The Labute approximate surface area is 132 Å². The van der Waals surface area contributed by atoms with Gasteiger partial charge in [-0.1, -0.05) is 39.0 Å². The van der Waals surface area contributed by atoms with E-state index < -0.39 is 0 Å². The van der Waals surface area contributed by atoms with E-state index in [0.717, 1.165) is 11.5 Å². The number of amides is 1. The number of benzene rings is 1. The number of rotatable bonds is 2. The molecule has 1 heterocycles. The second-order valence-electron chi connectivity index (χ2n) is 7.57. The minimum absolute atomic E-state index is 0.0667. The van der Waals surface area contributed by atoms with E-state index in [2.05, 4.69) is 46.9 Å². The van der Waals surface area contributed by atoms with Gasteiger partial charge in [0.25, 0.3) is 5.91 Å². The third-order valence-corrected chi connectivity index (χ3v) is 3.39. The first kappa shape index (κ1) is 16.3. The molecule has 22 heavy (non-hydrogen) atoms. The molecule has 0 aliphatic rings. The molecule has 2 aromatic rings. The van der Waals surface area contributed by atoms with Gasteiger partial charge in [0.2, 0.25) is 0 Å². The smallest absolute Gasteiger partial charge is 0.256 e. The van der Waals surface area contributed by atoms with E-state index in [4.69, 9.17) is 5.10 Å². The van der Waals surface area contributed by atoms with E-state index in [9.17, 15) is 4.79 Å². The van der Waals surface area contributed by atoms with E-state index in [-0.39, 0.29) is 16.9 Å². The highest BCUT2D eigenvalue weighted by molar-refractivity contribution is 6.03. The van der Waals surface area contributed by atoms with Crippen LogP contribution in [0.2, 0.25) is 0 Å². The van der Waals surface area contributed by atoms with Crippen LogP contribution in [0.1, 0.15) is 57.6 Å². The maximum Gasteiger partial charge on any atom is 0.256 e. The molecule has 0 spiro atoms. The van der Waals surface area contributed by atoms with Crippen LogP contribution in [0.5, 0.6) is 0 Å². The van der Waals surface area contributed by atoms with Gasteiger partial charge in [-0.05, 0) is 32.9 Å². The third-order valence-electron chi connectivity index (χ3n) is 3.39. The Morgan fingerprint density at radius 3 is 2.14 bits per heavy atom. The highest BCUT2D eigenvalue weighted by atomic mass is 16.1. The summed E-state index contributed by atoms with van der Waals surface area (Å²) in [7, 11) is 0. The van der Waals surface area contributed by atoms with Gasteiger partial charge in [0.1, 0.15) is 5.82 Å². The zero-order valence-electron chi connectivity index (χ0n) is 14.3. The summed E-state index contributed by atoms with van der Waals surface area (Å²) >= 11 is 0. The number of anilines is 1. The highest BCUT2D eigenvalue weighted by Crippen LogP contribution is 2.28. The molecule has 0 radical (unpaired) electrons. The summed E-state index contributed by atoms with van der Waals surface area (Å²) in [6.45, 7) is 12.6. The number of nitrogens with zero attached hydrogens (tertiary/aromatic N) is 2. The van der Waals surface area contributed by atoms with Crippen molar-refractivity contribution in [1.29, 1.82) is 0 Å². The third kappa shape index (κ3) is 3.56. The predicted molar refractivity (Wildman–Crippen MR) is 90.3 cm³/mol. The molecule has 0 saturated carbocycles. The largest absolute Gasteiger partial charge is 0.307 e. The van der Waals surface area contributed by atoms with E-state index in [1.54, 1.807) is 12.1 Å². The Hall–Kier alpha value is -2.10. The van der Waals surface area contributed by atoms with Crippen molar-refractivity contribution in [2.45, 2.75) is 52.5 Å². The first-order valence-corrected chi connectivity index (χ1v) is 7.56. The molecule has 0 aliphatic carbocycles. The second-order valence-corrected chi connectivity index (χ2v) is 7.57. The molecule has 0 unspecified atom stereocenters. The molecule has 118 valence electrons. The average molecular weight is 299 g/mol. The molecule has 2 rings (SSSR count). The van der Waals surface area contributed by atoms with Gasteiger partial charge in [-0.25, -0.2) is 4.68 Å². The quantitative estimate of drug-likeness (QED) is 0.904. The lowest BCUT2D eigenvalue weighted by atomic mass is 9.92. The van der Waals surface area contributed by atoms with Crippen molar-refractivity contribution in [3.05, 3.63) is 47.7 Å². The van der Waals surface area contributed by atoms with Gasteiger partial charge in [0, 0.05) is 17.0 Å². The number of carbonyl (C=O) groups excluding carboxylic acids is 1. The zero-order chi connectivity index (χ0) is 16.5. The van der Waals surface area contributed by atoms with Crippen LogP contribution in [-0.4, -0.2) is 15.7 Å². The SMILES string of the molecule is CC(C)(C)c1cc(NC(=O)c2ccccc2)n(C(C)(C)C)n1. The van der Waals surface area contributed by atoms with Gasteiger partial charge in [0.05, 0.1) is 11.2 Å². The minimum atomic E-state index is -0.206. The Morgan fingerprint density at radius 1 is 1.05 bits per heavy atom. The van der Waals surface area contributed by atoms with Crippen molar-refractivity contribution in [2.24, 2.45) is 0 Å². The predicted octanol–water partition coefficient (Wildman–Crippen LogP) is 4.19. The fourth-order valence-corrected chi connectivity index (χ4v) is 2.13. The number of aromatic nitrogens is 2. The molecular formula is C18H25N3O. The number of hydrogen-bond acceptors (Lipinski definition) is 2. The first-order chi connectivity index (χ1) is 10.1. The Bertz CT molecular complexity index is 658. The molecular weight excluding hydrogens is 274 g/mol. The summed E-state index contributed by atoms with van der Waals surface area (Å²) in [6, 6.07) is 11.2. The lowest BCUT2D eigenvalue weighted by Crippen LogP contribution is -2.27. The van der Waals surface area contributed by atoms with Gasteiger partial charge in [-0.15, -0.1) is 0 Å². The zero-order valence-corrected chi connectivity index (χ0v) is 14.3. The van der Waals surface area contributed by atoms with Gasteiger partial charge in [-0.2, -0.15) is 5.10 Å². The molecule has 1 amide bonds. The van der Waals surface area contributed by atoms with Crippen LogP contribution in [0.25, 0.3) is 0 Å². The van der Waals surface area contributed by atoms with Crippen LogP contribution < -0.4 is 5.32 Å². The van der Waals surface area contributed by atoms with Crippen LogP contribution in [-0.2, 0) is 11.0 Å². The monoisotopic (exact) mass is 299 g/mol. The number of nitrogens with one attached hydrogen (secondary N) is 1. The topological polar surface area (TPSA) is 46.9 Å². The summed E-state index contributed by atoms with van der Waals surface area (Å²) in [5.74, 6) is 0.609. The Balaban J connectivity index is 2.38. The van der Waals surface area contributed by atoms with Crippen molar-refractivity contribution in [1.82, 2.24) is 9.78 Å². The second kappa shape index (κ2) is 5.59. The molecule has 1 aromatic carbocycles. The maximum atomic E-state index is 12.4. The van der Waals surface area contributed by atoms with Crippen LogP contribution in [0.4, 0.5) is 5.82 Å². The summed E-state index contributed by atoms with van der Waals surface area (Å²) in [4.78, 5) is 12.4. The van der Waals surface area contributed by atoms with Crippen LogP contribution in [0, 0.1) is 0 Å². The van der Waals surface area contributed by atoms with Crippen molar-refractivity contribution in [3.63, 3.8) is 0 Å². The first-order valence-electron chi connectivity index (χ1n) is 7.56. The molecule has 0 aliphatic heterocycles. The molecule has 0 saturated heterocycles. The van der Waals surface area contributed by atoms with E-state index >= 15 is 0 Å². The van der Waals surface area contributed by atoms with Crippen molar-refractivity contribution < 1.29 is 4.79 Å². The van der Waals surface area contributed by atoms with E-state index in [1.165, 1.54) is 0 Å².